The van der Waals surface area contributed by atoms with E-state index in [9.17, 15) is 35.9 Å². The lowest BCUT2D eigenvalue weighted by Gasteiger charge is -2.42. The first kappa shape index (κ1) is 31.5. The van der Waals surface area contributed by atoms with Gasteiger partial charge in [-0.2, -0.15) is 18.2 Å². The smallest absolute Gasteiger partial charge is 0.350 e. The zero-order valence-corrected chi connectivity index (χ0v) is 25.2. The van der Waals surface area contributed by atoms with Crippen LogP contribution in [0, 0.1) is 11.7 Å². The number of aromatic nitrogens is 2. The van der Waals surface area contributed by atoms with Crippen LogP contribution in [0.3, 0.4) is 0 Å². The van der Waals surface area contributed by atoms with Gasteiger partial charge < -0.3 is 9.80 Å². The van der Waals surface area contributed by atoms with Gasteiger partial charge in [0.25, 0.3) is 6.43 Å². The number of carbonyl (C=O) groups excluding carboxylic acids is 1. The molecule has 7 nitrogen and oxygen atoms in total. The van der Waals surface area contributed by atoms with E-state index in [0.29, 0.717) is 25.0 Å². The number of carbonyl (C=O) groups is 1. The van der Waals surface area contributed by atoms with Gasteiger partial charge >= 0.3 is 11.9 Å². The molecule has 0 saturated carbocycles. The lowest BCUT2D eigenvalue weighted by molar-refractivity contribution is -0.137. The molecule has 3 aromatic rings. The molecule has 0 N–H and O–H groups in total. The topological polar surface area (TPSA) is 61.7 Å². The molecule has 2 atom stereocenters. The Hall–Kier alpha value is -3.52. The summed E-state index contributed by atoms with van der Waals surface area (Å²) in [6.07, 6.45) is -5.55. The molecular weight excluding hydrogens is 620 g/mol. The number of thioether (sulfide) groups is 1. The number of alkyl halides is 5. The molecule has 1 aromatic heterocycles. The normalized spacial score (nSPS) is 21.0. The number of hydrogen-bond donors (Lipinski definition) is 0. The van der Waals surface area contributed by atoms with Crippen molar-refractivity contribution in [2.24, 2.45) is 5.92 Å². The van der Waals surface area contributed by atoms with Crippen LogP contribution in [0.5, 0.6) is 0 Å². The predicted octanol–water partition coefficient (Wildman–Crippen LogP) is 5.68. The quantitative estimate of drug-likeness (QED) is 0.242. The molecule has 4 heterocycles. The van der Waals surface area contributed by atoms with Crippen LogP contribution >= 0.6 is 11.8 Å². The average molecular weight is 652 g/mol. The Balaban J connectivity index is 1.52. The molecule has 2 fully saturated rings. The average Bonchev–Trinajstić information content (AvgIpc) is 2.97. The number of amides is 1. The minimum Gasteiger partial charge on any atom is -0.350 e. The number of halogens is 6. The number of nitrogens with zero attached hydrogens (tertiary/aromatic N) is 5. The minimum atomic E-state index is -4.79. The number of benzene rings is 2. The largest absolute Gasteiger partial charge is 0.417 e. The predicted molar refractivity (Wildman–Crippen MR) is 160 cm³/mol. The van der Waals surface area contributed by atoms with Gasteiger partial charge in [0.05, 0.1) is 17.6 Å². The molecule has 240 valence electrons. The van der Waals surface area contributed by atoms with Crippen LogP contribution < -0.4 is 10.6 Å². The number of piperazine rings is 1. The third kappa shape index (κ3) is 5.94. The third-order valence-electron chi connectivity index (χ3n) is 8.79. The standard InChI is InChI=1S/C31H31F6N5O2S/c1-3-25(43)40-8-9-41(17(2)12-40)29-22-11-23(31(35,36)37)26(19-4-6-20(32)7-5-19)28-27(22)42(30(44)38-29)21(16-45-28)10-18-13-39(14-18)15-24(33)34/h3-7,11,17-18,21,24H,1,8-10,12-16H2,2H3. The second-order valence-electron chi connectivity index (χ2n) is 11.8. The lowest BCUT2D eigenvalue weighted by atomic mass is 9.91. The van der Waals surface area contributed by atoms with Gasteiger partial charge in [0.15, 0.2) is 0 Å². The van der Waals surface area contributed by atoms with E-state index in [1.54, 1.807) is 14.7 Å². The van der Waals surface area contributed by atoms with Crippen molar-refractivity contribution in [2.45, 2.75) is 42.9 Å². The Labute approximate surface area is 259 Å². The van der Waals surface area contributed by atoms with Crippen LogP contribution in [0.4, 0.5) is 32.2 Å². The summed E-state index contributed by atoms with van der Waals surface area (Å²) in [5, 5.41) is 0.156. The molecule has 1 amide bonds. The van der Waals surface area contributed by atoms with Gasteiger partial charge in [-0.15, -0.1) is 11.8 Å². The first-order valence-corrected chi connectivity index (χ1v) is 15.6. The van der Waals surface area contributed by atoms with Gasteiger partial charge in [-0.1, -0.05) is 18.7 Å². The fourth-order valence-corrected chi connectivity index (χ4v) is 8.13. The number of likely N-dealkylation sites (tertiary alicyclic amines) is 1. The molecule has 14 heteroatoms. The van der Waals surface area contributed by atoms with Crippen LogP contribution in [0.15, 0.2) is 52.7 Å². The Kier molecular flexibility index (Phi) is 8.40. The van der Waals surface area contributed by atoms with E-state index >= 15 is 0 Å². The Morgan fingerprint density at radius 1 is 1.16 bits per heavy atom. The van der Waals surface area contributed by atoms with Crippen molar-refractivity contribution in [3.63, 3.8) is 0 Å². The molecule has 0 bridgehead atoms. The van der Waals surface area contributed by atoms with Crippen LogP contribution in [-0.4, -0.2) is 82.7 Å². The second kappa shape index (κ2) is 12.0. The molecule has 2 aromatic carbocycles. The lowest BCUT2D eigenvalue weighted by Crippen LogP contribution is -2.54. The van der Waals surface area contributed by atoms with Crippen LogP contribution in [0.1, 0.15) is 24.9 Å². The summed E-state index contributed by atoms with van der Waals surface area (Å²) in [6, 6.07) is 5.02. The van der Waals surface area contributed by atoms with Crippen molar-refractivity contribution in [1.29, 1.82) is 0 Å². The Morgan fingerprint density at radius 3 is 2.49 bits per heavy atom. The third-order valence-corrected chi connectivity index (χ3v) is 10.0. The van der Waals surface area contributed by atoms with E-state index in [1.165, 1.54) is 34.5 Å². The maximum Gasteiger partial charge on any atom is 0.417 e. The van der Waals surface area contributed by atoms with Crippen molar-refractivity contribution < 1.29 is 31.1 Å². The van der Waals surface area contributed by atoms with Gasteiger partial charge in [-0.05, 0) is 49.1 Å². The fraction of sp³-hybridized carbons (Fsp3) is 0.452. The van der Waals surface area contributed by atoms with Gasteiger partial charge in [-0.3, -0.25) is 14.3 Å². The van der Waals surface area contributed by atoms with E-state index < -0.39 is 35.7 Å². The summed E-state index contributed by atoms with van der Waals surface area (Å²) in [5.41, 5.74) is -1.19. The van der Waals surface area contributed by atoms with E-state index in [4.69, 9.17) is 0 Å². The first-order chi connectivity index (χ1) is 21.3. The minimum absolute atomic E-state index is 0.0408. The highest BCUT2D eigenvalue weighted by molar-refractivity contribution is 7.99. The maximum absolute atomic E-state index is 14.8. The molecule has 0 spiro atoms. The van der Waals surface area contributed by atoms with Crippen LogP contribution in [-0.2, 0) is 11.0 Å². The maximum atomic E-state index is 14.8. The highest BCUT2D eigenvalue weighted by atomic mass is 32.2. The summed E-state index contributed by atoms with van der Waals surface area (Å²) >= 11 is 1.21. The van der Waals surface area contributed by atoms with Gasteiger partial charge in [-0.25, -0.2) is 18.0 Å². The van der Waals surface area contributed by atoms with E-state index in [0.717, 1.165) is 18.2 Å². The molecular formula is C31H31F6N5O2S. The van der Waals surface area contributed by atoms with Gasteiger partial charge in [0.2, 0.25) is 5.91 Å². The van der Waals surface area contributed by atoms with Crippen LogP contribution in [0.2, 0.25) is 0 Å². The zero-order valence-electron chi connectivity index (χ0n) is 24.4. The Morgan fingerprint density at radius 2 is 1.87 bits per heavy atom. The van der Waals surface area contributed by atoms with Crippen molar-refractivity contribution in [3.05, 3.63) is 64.9 Å². The van der Waals surface area contributed by atoms with E-state index in [-0.39, 0.29) is 77.0 Å². The summed E-state index contributed by atoms with van der Waals surface area (Å²) in [6.45, 7) is 6.66. The molecule has 2 unspecified atom stereocenters. The summed E-state index contributed by atoms with van der Waals surface area (Å²) in [4.78, 5) is 35.8. The van der Waals surface area contributed by atoms with E-state index in [1.807, 2.05) is 6.92 Å². The number of rotatable bonds is 7. The molecule has 45 heavy (non-hydrogen) atoms. The fourth-order valence-electron chi connectivity index (χ4n) is 6.77. The van der Waals surface area contributed by atoms with Crippen LogP contribution in [0.25, 0.3) is 22.0 Å². The first-order valence-electron chi connectivity index (χ1n) is 14.6. The Bertz CT molecular complexity index is 1690. The SMILES string of the molecule is C=CC(=O)N1CCN(c2nc(=O)n3c4c(c(-c5ccc(F)cc5)c(C(F)(F)F)cc24)SCC3CC2CN(CC(F)F)C2)C(C)C1. The van der Waals surface area contributed by atoms with Crippen molar-refractivity contribution >= 4 is 34.4 Å². The highest BCUT2D eigenvalue weighted by Crippen LogP contribution is 2.50. The molecule has 3 aliphatic rings. The highest BCUT2D eigenvalue weighted by Gasteiger charge is 2.41. The monoisotopic (exact) mass is 651 g/mol. The summed E-state index contributed by atoms with van der Waals surface area (Å²) < 4.78 is 85.5. The van der Waals surface area contributed by atoms with Crippen molar-refractivity contribution in [3.8, 4) is 11.1 Å². The molecule has 0 aliphatic carbocycles. The van der Waals surface area contributed by atoms with Crippen molar-refractivity contribution in [2.75, 3.05) is 49.9 Å². The summed E-state index contributed by atoms with van der Waals surface area (Å²) in [5.74, 6) is -0.434. The number of hydrogen-bond acceptors (Lipinski definition) is 6. The molecule has 0 radical (unpaired) electrons. The second-order valence-corrected chi connectivity index (χ2v) is 12.9. The van der Waals surface area contributed by atoms with E-state index in [2.05, 4.69) is 11.6 Å². The van der Waals surface area contributed by atoms with Gasteiger partial charge in [0.1, 0.15) is 11.6 Å². The van der Waals surface area contributed by atoms with Crippen molar-refractivity contribution in [1.82, 2.24) is 19.4 Å². The zero-order chi connectivity index (χ0) is 32.2. The molecule has 6 rings (SSSR count). The molecule has 3 aliphatic heterocycles. The summed E-state index contributed by atoms with van der Waals surface area (Å²) in [7, 11) is 0. The van der Waals surface area contributed by atoms with Gasteiger partial charge in [0, 0.05) is 66.4 Å². The number of anilines is 1. The molecule has 2 saturated heterocycles.